The summed E-state index contributed by atoms with van der Waals surface area (Å²) in [7, 11) is 0. The summed E-state index contributed by atoms with van der Waals surface area (Å²) in [6.45, 7) is 5.03. The maximum Gasteiger partial charge on any atom is 0.119 e. The van der Waals surface area contributed by atoms with E-state index in [-0.39, 0.29) is 0 Å². The predicted octanol–water partition coefficient (Wildman–Crippen LogP) is 0.902. The highest BCUT2D eigenvalue weighted by Gasteiger charge is 2.08. The van der Waals surface area contributed by atoms with E-state index < -0.39 is 0 Å². The van der Waals surface area contributed by atoms with Gasteiger partial charge in [-0.25, -0.2) is 5.01 Å². The SMILES string of the molecule is c1ccc(OCCNN2CCOCC2)cc1. The lowest BCUT2D eigenvalue weighted by molar-refractivity contribution is 0.0101. The Morgan fingerprint density at radius 3 is 2.69 bits per heavy atom. The van der Waals surface area contributed by atoms with Crippen molar-refractivity contribution in [3.8, 4) is 5.75 Å². The van der Waals surface area contributed by atoms with Crippen LogP contribution in [0.3, 0.4) is 0 Å². The van der Waals surface area contributed by atoms with Crippen molar-refractivity contribution >= 4 is 0 Å². The van der Waals surface area contributed by atoms with E-state index in [1.807, 2.05) is 30.3 Å². The van der Waals surface area contributed by atoms with Crippen molar-refractivity contribution in [3.63, 3.8) is 0 Å². The van der Waals surface area contributed by atoms with E-state index in [1.165, 1.54) is 0 Å². The second-order valence-corrected chi connectivity index (χ2v) is 3.67. The van der Waals surface area contributed by atoms with Crippen LogP contribution < -0.4 is 10.2 Å². The fourth-order valence-corrected chi connectivity index (χ4v) is 1.61. The molecule has 0 saturated carbocycles. The zero-order valence-corrected chi connectivity index (χ0v) is 9.39. The molecular formula is C12H18N2O2. The Hall–Kier alpha value is -1.10. The van der Waals surface area contributed by atoms with Gasteiger partial charge in [-0.15, -0.1) is 0 Å². The van der Waals surface area contributed by atoms with Crippen LogP contribution >= 0.6 is 0 Å². The average Bonchev–Trinajstić information content (AvgIpc) is 2.37. The normalized spacial score (nSPS) is 17.2. The van der Waals surface area contributed by atoms with E-state index in [0.29, 0.717) is 6.61 Å². The lowest BCUT2D eigenvalue weighted by atomic mass is 10.3. The number of benzene rings is 1. The summed E-state index contributed by atoms with van der Waals surface area (Å²) in [5.74, 6) is 0.922. The van der Waals surface area contributed by atoms with Crippen LogP contribution in [0, 0.1) is 0 Å². The Bertz CT molecular complexity index is 286. The van der Waals surface area contributed by atoms with E-state index in [0.717, 1.165) is 38.6 Å². The van der Waals surface area contributed by atoms with Crippen molar-refractivity contribution in [2.45, 2.75) is 0 Å². The molecule has 16 heavy (non-hydrogen) atoms. The first-order valence-corrected chi connectivity index (χ1v) is 5.69. The molecule has 0 spiro atoms. The Kier molecular flexibility index (Phi) is 4.61. The molecule has 1 heterocycles. The maximum atomic E-state index is 5.58. The van der Waals surface area contributed by atoms with Gasteiger partial charge in [0.05, 0.1) is 13.2 Å². The van der Waals surface area contributed by atoms with Crippen LogP contribution in [0.4, 0.5) is 0 Å². The van der Waals surface area contributed by atoms with Gasteiger partial charge in [-0.2, -0.15) is 0 Å². The smallest absolute Gasteiger partial charge is 0.119 e. The Morgan fingerprint density at radius 2 is 1.94 bits per heavy atom. The highest BCUT2D eigenvalue weighted by molar-refractivity contribution is 5.20. The number of nitrogens with one attached hydrogen (secondary N) is 1. The zero-order valence-electron chi connectivity index (χ0n) is 9.39. The third-order valence-corrected chi connectivity index (χ3v) is 2.46. The minimum Gasteiger partial charge on any atom is -0.492 e. The summed E-state index contributed by atoms with van der Waals surface area (Å²) < 4.78 is 10.8. The number of para-hydroxylation sites is 1. The van der Waals surface area contributed by atoms with Gasteiger partial charge in [0.1, 0.15) is 12.4 Å². The van der Waals surface area contributed by atoms with E-state index >= 15 is 0 Å². The number of nitrogens with zero attached hydrogens (tertiary/aromatic N) is 1. The molecule has 0 atom stereocenters. The summed E-state index contributed by atoms with van der Waals surface area (Å²) >= 11 is 0. The Balaban J connectivity index is 1.58. The minimum absolute atomic E-state index is 0.682. The molecule has 0 aliphatic carbocycles. The molecule has 4 nitrogen and oxygen atoms in total. The third kappa shape index (κ3) is 3.81. The first-order chi connectivity index (χ1) is 7.95. The van der Waals surface area contributed by atoms with Crippen LogP contribution in [-0.2, 0) is 4.74 Å². The second kappa shape index (κ2) is 6.48. The predicted molar refractivity (Wildman–Crippen MR) is 62.3 cm³/mol. The molecule has 0 unspecified atom stereocenters. The maximum absolute atomic E-state index is 5.58. The number of hydrazine groups is 1. The molecule has 1 fully saturated rings. The molecule has 1 aliphatic rings. The largest absolute Gasteiger partial charge is 0.492 e. The minimum atomic E-state index is 0.682. The number of hydrogen-bond donors (Lipinski definition) is 1. The number of rotatable bonds is 5. The number of morpholine rings is 1. The van der Waals surface area contributed by atoms with Crippen LogP contribution in [0.2, 0.25) is 0 Å². The quantitative estimate of drug-likeness (QED) is 0.751. The summed E-state index contributed by atoms with van der Waals surface area (Å²) in [6.07, 6.45) is 0. The molecule has 1 aromatic carbocycles. The van der Waals surface area contributed by atoms with Crippen LogP contribution in [-0.4, -0.2) is 44.5 Å². The lowest BCUT2D eigenvalue weighted by Gasteiger charge is -2.27. The Labute approximate surface area is 96.1 Å². The van der Waals surface area contributed by atoms with Crippen LogP contribution in [0.25, 0.3) is 0 Å². The van der Waals surface area contributed by atoms with Gasteiger partial charge in [-0.3, -0.25) is 5.43 Å². The van der Waals surface area contributed by atoms with Crippen LogP contribution in [0.1, 0.15) is 0 Å². The summed E-state index contributed by atoms with van der Waals surface area (Å²) in [5.41, 5.74) is 3.32. The van der Waals surface area contributed by atoms with Gasteiger partial charge in [0.2, 0.25) is 0 Å². The molecule has 1 aromatic rings. The van der Waals surface area contributed by atoms with Crippen molar-refractivity contribution < 1.29 is 9.47 Å². The molecule has 2 rings (SSSR count). The number of ether oxygens (including phenoxy) is 2. The molecule has 0 aromatic heterocycles. The molecule has 4 heteroatoms. The first-order valence-electron chi connectivity index (χ1n) is 5.69. The zero-order chi connectivity index (χ0) is 11.1. The van der Waals surface area contributed by atoms with Gasteiger partial charge in [-0.05, 0) is 12.1 Å². The van der Waals surface area contributed by atoms with Gasteiger partial charge < -0.3 is 9.47 Å². The van der Waals surface area contributed by atoms with E-state index in [9.17, 15) is 0 Å². The van der Waals surface area contributed by atoms with E-state index in [1.54, 1.807) is 0 Å². The molecule has 1 saturated heterocycles. The summed E-state index contributed by atoms with van der Waals surface area (Å²) in [4.78, 5) is 0. The van der Waals surface area contributed by atoms with Crippen molar-refractivity contribution in [2.75, 3.05) is 39.5 Å². The van der Waals surface area contributed by atoms with Gasteiger partial charge in [0, 0.05) is 19.6 Å². The fraction of sp³-hybridized carbons (Fsp3) is 0.500. The van der Waals surface area contributed by atoms with E-state index in [2.05, 4.69) is 10.4 Å². The van der Waals surface area contributed by atoms with E-state index in [4.69, 9.17) is 9.47 Å². The van der Waals surface area contributed by atoms with Crippen LogP contribution in [0.5, 0.6) is 5.75 Å². The highest BCUT2D eigenvalue weighted by atomic mass is 16.5. The standard InChI is InChI=1S/C12H18N2O2/c1-2-4-12(5-3-1)16-9-6-13-14-7-10-15-11-8-14/h1-5,13H,6-11H2. The van der Waals surface area contributed by atoms with Gasteiger partial charge >= 0.3 is 0 Å². The monoisotopic (exact) mass is 222 g/mol. The lowest BCUT2D eigenvalue weighted by Crippen LogP contribution is -2.46. The van der Waals surface area contributed by atoms with Crippen molar-refractivity contribution in [3.05, 3.63) is 30.3 Å². The fourth-order valence-electron chi connectivity index (χ4n) is 1.61. The van der Waals surface area contributed by atoms with Gasteiger partial charge in [0.15, 0.2) is 0 Å². The molecule has 1 N–H and O–H groups in total. The van der Waals surface area contributed by atoms with Crippen molar-refractivity contribution in [1.82, 2.24) is 10.4 Å². The number of hydrogen-bond acceptors (Lipinski definition) is 4. The summed E-state index contributed by atoms with van der Waals surface area (Å²) in [5, 5.41) is 2.18. The molecular weight excluding hydrogens is 204 g/mol. The summed E-state index contributed by atoms with van der Waals surface area (Å²) in [6, 6.07) is 9.87. The topological polar surface area (TPSA) is 33.7 Å². The van der Waals surface area contributed by atoms with Crippen molar-refractivity contribution in [2.24, 2.45) is 0 Å². The first kappa shape index (κ1) is 11.4. The Morgan fingerprint density at radius 1 is 1.19 bits per heavy atom. The van der Waals surface area contributed by atoms with Crippen LogP contribution in [0.15, 0.2) is 30.3 Å². The molecule has 0 amide bonds. The van der Waals surface area contributed by atoms with Gasteiger partial charge in [0.25, 0.3) is 0 Å². The average molecular weight is 222 g/mol. The molecule has 1 aliphatic heterocycles. The molecule has 0 radical (unpaired) electrons. The third-order valence-electron chi connectivity index (χ3n) is 2.46. The van der Waals surface area contributed by atoms with Gasteiger partial charge in [-0.1, -0.05) is 18.2 Å². The second-order valence-electron chi connectivity index (χ2n) is 3.67. The molecule has 0 bridgehead atoms. The molecule has 88 valence electrons. The van der Waals surface area contributed by atoms with Crippen molar-refractivity contribution in [1.29, 1.82) is 0 Å². The highest BCUT2D eigenvalue weighted by Crippen LogP contribution is 2.07.